The molecule has 0 bridgehead atoms. The number of rotatable bonds is 3. The van der Waals surface area contributed by atoms with E-state index in [2.05, 4.69) is 31.2 Å². The van der Waals surface area contributed by atoms with E-state index in [-0.39, 0.29) is 0 Å². The number of hydrogen-bond acceptors (Lipinski definition) is 4. The fourth-order valence-corrected chi connectivity index (χ4v) is 1.45. The van der Waals surface area contributed by atoms with Crippen LogP contribution in [0.1, 0.15) is 19.7 Å². The molecule has 82 valence electrons. The standard InChI is InChI=1S/C9H13BrN4O/c1-5-12-6(10)4-7(13-5)14-9(2,3)8(11)15/h4H,1-3H3,(H2,11,15)(H,12,13,14). The molecule has 3 N–H and O–H groups in total. The molecule has 0 atom stereocenters. The molecule has 0 aromatic carbocycles. The Morgan fingerprint density at radius 3 is 2.60 bits per heavy atom. The van der Waals surface area contributed by atoms with Crippen LogP contribution >= 0.6 is 15.9 Å². The summed E-state index contributed by atoms with van der Waals surface area (Å²) < 4.78 is 0.665. The highest BCUT2D eigenvalue weighted by Crippen LogP contribution is 2.16. The van der Waals surface area contributed by atoms with Gasteiger partial charge in [0.1, 0.15) is 21.8 Å². The lowest BCUT2D eigenvalue weighted by Gasteiger charge is -2.22. The van der Waals surface area contributed by atoms with Gasteiger partial charge in [0.2, 0.25) is 5.91 Å². The Balaban J connectivity index is 2.94. The van der Waals surface area contributed by atoms with E-state index in [4.69, 9.17) is 5.73 Å². The second kappa shape index (κ2) is 4.14. The van der Waals surface area contributed by atoms with Gasteiger partial charge in [0.05, 0.1) is 0 Å². The van der Waals surface area contributed by atoms with Crippen LogP contribution in [0.5, 0.6) is 0 Å². The summed E-state index contributed by atoms with van der Waals surface area (Å²) in [5.74, 6) is 0.750. The molecular formula is C9H13BrN4O. The van der Waals surface area contributed by atoms with Gasteiger partial charge in [0, 0.05) is 6.07 Å². The molecule has 0 aliphatic heterocycles. The zero-order valence-corrected chi connectivity index (χ0v) is 10.4. The predicted molar refractivity (Wildman–Crippen MR) is 61.4 cm³/mol. The third-order valence-corrected chi connectivity index (χ3v) is 2.27. The lowest BCUT2D eigenvalue weighted by molar-refractivity contribution is -0.121. The second-order valence-corrected chi connectivity index (χ2v) is 4.55. The molecule has 5 nitrogen and oxygen atoms in total. The molecule has 0 aliphatic rings. The summed E-state index contributed by atoms with van der Waals surface area (Å²) in [6.07, 6.45) is 0. The van der Waals surface area contributed by atoms with E-state index in [0.717, 1.165) is 0 Å². The largest absolute Gasteiger partial charge is 0.368 e. The highest BCUT2D eigenvalue weighted by Gasteiger charge is 2.25. The minimum atomic E-state index is -0.833. The number of halogens is 1. The first-order valence-electron chi connectivity index (χ1n) is 4.40. The van der Waals surface area contributed by atoms with Crippen molar-refractivity contribution in [1.29, 1.82) is 0 Å². The minimum absolute atomic E-state index is 0.435. The number of aromatic nitrogens is 2. The van der Waals surface area contributed by atoms with Crippen molar-refractivity contribution >= 4 is 27.7 Å². The lowest BCUT2D eigenvalue weighted by Crippen LogP contribution is -2.45. The van der Waals surface area contributed by atoms with Crippen LogP contribution < -0.4 is 11.1 Å². The van der Waals surface area contributed by atoms with E-state index >= 15 is 0 Å². The van der Waals surface area contributed by atoms with Crippen LogP contribution in [0.15, 0.2) is 10.7 Å². The molecule has 0 fully saturated rings. The smallest absolute Gasteiger partial charge is 0.242 e. The van der Waals surface area contributed by atoms with Crippen molar-refractivity contribution < 1.29 is 4.79 Å². The minimum Gasteiger partial charge on any atom is -0.368 e. The Bertz CT molecular complexity index is 371. The summed E-state index contributed by atoms with van der Waals surface area (Å²) in [6.45, 7) is 5.16. The highest BCUT2D eigenvalue weighted by atomic mass is 79.9. The maximum absolute atomic E-state index is 11.1. The molecule has 1 aromatic heterocycles. The molecule has 0 saturated carbocycles. The summed E-state index contributed by atoms with van der Waals surface area (Å²) in [7, 11) is 0. The van der Waals surface area contributed by atoms with E-state index in [1.165, 1.54) is 0 Å². The fourth-order valence-electron chi connectivity index (χ4n) is 0.977. The summed E-state index contributed by atoms with van der Waals surface area (Å²) >= 11 is 3.25. The van der Waals surface area contributed by atoms with Crippen molar-refractivity contribution in [2.24, 2.45) is 5.73 Å². The van der Waals surface area contributed by atoms with Crippen molar-refractivity contribution in [3.63, 3.8) is 0 Å². The summed E-state index contributed by atoms with van der Waals surface area (Å²) in [5.41, 5.74) is 4.40. The Kier molecular flexibility index (Phi) is 3.28. The summed E-state index contributed by atoms with van der Waals surface area (Å²) in [5, 5.41) is 2.94. The fraction of sp³-hybridized carbons (Fsp3) is 0.444. The number of nitrogens with two attached hydrogens (primary N) is 1. The second-order valence-electron chi connectivity index (χ2n) is 3.74. The van der Waals surface area contributed by atoms with Gasteiger partial charge in [-0.25, -0.2) is 9.97 Å². The number of nitrogens with one attached hydrogen (secondary N) is 1. The number of anilines is 1. The first kappa shape index (κ1) is 11.9. The van der Waals surface area contributed by atoms with Gasteiger partial charge in [0.15, 0.2) is 0 Å². The summed E-state index contributed by atoms with van der Waals surface area (Å²) in [6, 6.07) is 1.69. The maximum atomic E-state index is 11.1. The molecule has 1 heterocycles. The molecule has 0 spiro atoms. The number of amides is 1. The van der Waals surface area contributed by atoms with Gasteiger partial charge in [-0.2, -0.15) is 0 Å². The molecule has 1 aromatic rings. The third-order valence-electron chi connectivity index (χ3n) is 1.86. The average Bonchev–Trinajstić information content (AvgIpc) is 1.99. The third kappa shape index (κ3) is 3.16. The zero-order chi connectivity index (χ0) is 11.6. The topological polar surface area (TPSA) is 80.9 Å². The maximum Gasteiger partial charge on any atom is 0.242 e. The summed E-state index contributed by atoms with van der Waals surface area (Å²) in [4.78, 5) is 19.3. The van der Waals surface area contributed by atoms with Crippen LogP contribution in [0.4, 0.5) is 5.82 Å². The van der Waals surface area contributed by atoms with Crippen molar-refractivity contribution in [1.82, 2.24) is 9.97 Å². The van der Waals surface area contributed by atoms with E-state index in [1.54, 1.807) is 26.8 Å². The van der Waals surface area contributed by atoms with Gasteiger partial charge in [-0.05, 0) is 36.7 Å². The molecule has 0 unspecified atom stereocenters. The molecule has 6 heteroatoms. The van der Waals surface area contributed by atoms with Gasteiger partial charge in [-0.1, -0.05) is 0 Å². The van der Waals surface area contributed by atoms with Gasteiger partial charge in [0.25, 0.3) is 0 Å². The molecular weight excluding hydrogens is 260 g/mol. The van der Waals surface area contributed by atoms with Crippen LogP contribution in [-0.2, 0) is 4.79 Å². The Labute approximate surface area is 96.6 Å². The van der Waals surface area contributed by atoms with Crippen LogP contribution in [-0.4, -0.2) is 21.4 Å². The van der Waals surface area contributed by atoms with Gasteiger partial charge in [-0.3, -0.25) is 4.79 Å². The van der Waals surface area contributed by atoms with Crippen molar-refractivity contribution in [2.45, 2.75) is 26.3 Å². The quantitative estimate of drug-likeness (QED) is 0.811. The van der Waals surface area contributed by atoms with E-state index in [9.17, 15) is 4.79 Å². The van der Waals surface area contributed by atoms with Gasteiger partial charge < -0.3 is 11.1 Å². The molecule has 15 heavy (non-hydrogen) atoms. The first-order valence-corrected chi connectivity index (χ1v) is 5.20. The average molecular weight is 273 g/mol. The van der Waals surface area contributed by atoms with Gasteiger partial charge in [-0.15, -0.1) is 0 Å². The number of primary amides is 1. The Hall–Kier alpha value is -1.17. The molecule has 0 aliphatic carbocycles. The van der Waals surface area contributed by atoms with E-state index < -0.39 is 11.4 Å². The first-order chi connectivity index (χ1) is 6.81. The van der Waals surface area contributed by atoms with Gasteiger partial charge >= 0.3 is 0 Å². The molecule has 0 saturated heterocycles. The number of aryl methyl sites for hydroxylation is 1. The van der Waals surface area contributed by atoms with Crippen LogP contribution in [0, 0.1) is 6.92 Å². The number of carbonyl (C=O) groups excluding carboxylic acids is 1. The van der Waals surface area contributed by atoms with E-state index in [1.807, 2.05) is 0 Å². The van der Waals surface area contributed by atoms with Crippen molar-refractivity contribution in [3.05, 3.63) is 16.5 Å². The SMILES string of the molecule is Cc1nc(Br)cc(NC(C)(C)C(N)=O)n1. The van der Waals surface area contributed by atoms with E-state index in [0.29, 0.717) is 16.2 Å². The molecule has 0 radical (unpaired) electrons. The van der Waals surface area contributed by atoms with Crippen molar-refractivity contribution in [3.8, 4) is 0 Å². The monoisotopic (exact) mass is 272 g/mol. The normalized spacial score (nSPS) is 11.2. The molecule has 1 amide bonds. The highest BCUT2D eigenvalue weighted by molar-refractivity contribution is 9.10. The number of carbonyl (C=O) groups is 1. The van der Waals surface area contributed by atoms with Crippen LogP contribution in [0.25, 0.3) is 0 Å². The zero-order valence-electron chi connectivity index (χ0n) is 8.84. The predicted octanol–water partition coefficient (Wildman–Crippen LogP) is 1.22. The van der Waals surface area contributed by atoms with Crippen LogP contribution in [0.2, 0.25) is 0 Å². The molecule has 1 rings (SSSR count). The Morgan fingerprint density at radius 1 is 1.53 bits per heavy atom. The number of hydrogen-bond donors (Lipinski definition) is 2. The van der Waals surface area contributed by atoms with Crippen molar-refractivity contribution in [2.75, 3.05) is 5.32 Å². The van der Waals surface area contributed by atoms with Crippen LogP contribution in [0.3, 0.4) is 0 Å². The number of nitrogens with zero attached hydrogens (tertiary/aromatic N) is 2. The lowest BCUT2D eigenvalue weighted by atomic mass is 10.1. The Morgan fingerprint density at radius 2 is 2.13 bits per heavy atom.